The van der Waals surface area contributed by atoms with Gasteiger partial charge in [0.2, 0.25) is 0 Å². The van der Waals surface area contributed by atoms with Crippen molar-refractivity contribution in [2.45, 2.75) is 17.5 Å². The van der Waals surface area contributed by atoms with Crippen LogP contribution in [0.15, 0.2) is 41.8 Å². The van der Waals surface area contributed by atoms with E-state index in [-0.39, 0.29) is 11.3 Å². The second kappa shape index (κ2) is 4.55. The third-order valence-corrected chi connectivity index (χ3v) is 2.78. The maximum Gasteiger partial charge on any atom is 0.294 e. The first-order chi connectivity index (χ1) is 6.93. The molecule has 1 atom stereocenters. The average molecular weight is 230 g/mol. The summed E-state index contributed by atoms with van der Waals surface area (Å²) in [6.07, 6.45) is 0.174. The molecular weight excluding hydrogens is 219 g/mol. The largest absolute Gasteiger partial charge is 0.294 e. The molecule has 1 N–H and O–H groups in total. The number of halogens is 1. The first kappa shape index (κ1) is 11.9. The number of rotatable bonds is 4. The van der Waals surface area contributed by atoms with Crippen molar-refractivity contribution in [3.8, 4) is 0 Å². The van der Waals surface area contributed by atoms with Crippen molar-refractivity contribution < 1.29 is 17.4 Å². The Morgan fingerprint density at radius 1 is 1.40 bits per heavy atom. The smallest absolute Gasteiger partial charge is 0.282 e. The summed E-state index contributed by atoms with van der Waals surface area (Å²) in [4.78, 5) is -0.194. The Hall–Kier alpha value is -1.20. The Morgan fingerprint density at radius 2 is 1.93 bits per heavy atom. The third kappa shape index (κ3) is 3.45. The normalized spacial score (nSPS) is 13.5. The van der Waals surface area contributed by atoms with E-state index in [2.05, 4.69) is 6.58 Å². The zero-order valence-corrected chi connectivity index (χ0v) is 8.74. The molecule has 1 aromatic rings. The molecule has 0 aliphatic heterocycles. The van der Waals surface area contributed by atoms with Crippen LogP contribution in [0.25, 0.3) is 0 Å². The molecular formula is C10H11FO3S. The van der Waals surface area contributed by atoms with Crippen LogP contribution in [0.4, 0.5) is 4.39 Å². The van der Waals surface area contributed by atoms with Crippen molar-refractivity contribution >= 4 is 10.1 Å². The SMILES string of the molecule is C=CC(F)Cc1ccc(S(=O)(=O)O)cc1. The van der Waals surface area contributed by atoms with Gasteiger partial charge < -0.3 is 0 Å². The number of allylic oxidation sites excluding steroid dienone is 1. The molecule has 0 spiro atoms. The summed E-state index contributed by atoms with van der Waals surface area (Å²) < 4.78 is 42.9. The van der Waals surface area contributed by atoms with Gasteiger partial charge in [0, 0.05) is 6.42 Å². The van der Waals surface area contributed by atoms with Gasteiger partial charge in [0.1, 0.15) is 6.17 Å². The van der Waals surface area contributed by atoms with Gasteiger partial charge in [-0.25, -0.2) is 4.39 Å². The topological polar surface area (TPSA) is 54.4 Å². The molecule has 1 aromatic carbocycles. The van der Waals surface area contributed by atoms with Crippen LogP contribution in [0.5, 0.6) is 0 Å². The molecule has 0 aliphatic rings. The van der Waals surface area contributed by atoms with E-state index < -0.39 is 16.3 Å². The number of alkyl halides is 1. The zero-order chi connectivity index (χ0) is 11.5. The standard InChI is InChI=1S/C10H11FO3S/c1-2-9(11)7-8-3-5-10(6-4-8)15(12,13)14/h2-6,9H,1,7H2,(H,12,13,14). The lowest BCUT2D eigenvalue weighted by Crippen LogP contribution is -2.01. The molecule has 5 heteroatoms. The predicted octanol–water partition coefficient (Wildman–Crippen LogP) is 2.00. The van der Waals surface area contributed by atoms with Gasteiger partial charge in [-0.3, -0.25) is 4.55 Å². The Kier molecular flexibility index (Phi) is 3.60. The van der Waals surface area contributed by atoms with Crippen LogP contribution in [-0.4, -0.2) is 19.1 Å². The Labute approximate surface area is 88.0 Å². The van der Waals surface area contributed by atoms with Crippen LogP contribution in [-0.2, 0) is 16.5 Å². The van der Waals surface area contributed by atoms with E-state index >= 15 is 0 Å². The minimum atomic E-state index is -4.17. The molecule has 0 radical (unpaired) electrons. The molecule has 82 valence electrons. The molecule has 0 amide bonds. The lowest BCUT2D eigenvalue weighted by molar-refractivity contribution is 0.399. The van der Waals surface area contributed by atoms with Gasteiger partial charge in [0.25, 0.3) is 10.1 Å². The highest BCUT2D eigenvalue weighted by Crippen LogP contribution is 2.12. The lowest BCUT2D eigenvalue weighted by atomic mass is 10.1. The van der Waals surface area contributed by atoms with Gasteiger partial charge in [-0.15, -0.1) is 6.58 Å². The molecule has 0 aliphatic carbocycles. The highest BCUT2D eigenvalue weighted by molar-refractivity contribution is 7.85. The molecule has 1 rings (SSSR count). The van der Waals surface area contributed by atoms with E-state index in [1.54, 1.807) is 0 Å². The minimum absolute atomic E-state index is 0.148. The average Bonchev–Trinajstić information content (AvgIpc) is 2.17. The van der Waals surface area contributed by atoms with Crippen LogP contribution in [0.1, 0.15) is 5.56 Å². The van der Waals surface area contributed by atoms with Crippen molar-refractivity contribution in [1.29, 1.82) is 0 Å². The van der Waals surface area contributed by atoms with E-state index in [0.717, 1.165) is 0 Å². The second-order valence-electron chi connectivity index (χ2n) is 3.07. The molecule has 1 unspecified atom stereocenters. The fourth-order valence-corrected chi connectivity index (χ4v) is 1.59. The number of hydrogen-bond donors (Lipinski definition) is 1. The van der Waals surface area contributed by atoms with Gasteiger partial charge >= 0.3 is 0 Å². The van der Waals surface area contributed by atoms with E-state index in [9.17, 15) is 12.8 Å². The van der Waals surface area contributed by atoms with Gasteiger partial charge in [-0.05, 0) is 17.7 Å². The van der Waals surface area contributed by atoms with Crippen LogP contribution in [0.2, 0.25) is 0 Å². The number of benzene rings is 1. The molecule has 0 aromatic heterocycles. The molecule has 0 bridgehead atoms. The predicted molar refractivity (Wildman–Crippen MR) is 55.1 cm³/mol. The van der Waals surface area contributed by atoms with Crippen LogP contribution in [0.3, 0.4) is 0 Å². The fraction of sp³-hybridized carbons (Fsp3) is 0.200. The summed E-state index contributed by atoms with van der Waals surface area (Å²) in [5, 5.41) is 0. The second-order valence-corrected chi connectivity index (χ2v) is 4.50. The Bertz CT molecular complexity index is 436. The first-order valence-electron chi connectivity index (χ1n) is 4.26. The summed E-state index contributed by atoms with van der Waals surface area (Å²) >= 11 is 0. The van der Waals surface area contributed by atoms with Gasteiger partial charge in [-0.1, -0.05) is 18.2 Å². The monoisotopic (exact) mass is 230 g/mol. The summed E-state index contributed by atoms with van der Waals surface area (Å²) in [7, 11) is -4.17. The molecule has 0 saturated carbocycles. The summed E-state index contributed by atoms with van der Waals surface area (Å²) in [6, 6.07) is 5.39. The van der Waals surface area contributed by atoms with Crippen molar-refractivity contribution in [3.63, 3.8) is 0 Å². The van der Waals surface area contributed by atoms with Crippen molar-refractivity contribution in [3.05, 3.63) is 42.5 Å². The van der Waals surface area contributed by atoms with E-state index in [1.165, 1.54) is 30.3 Å². The summed E-state index contributed by atoms with van der Waals surface area (Å²) in [5.74, 6) is 0. The minimum Gasteiger partial charge on any atom is -0.282 e. The van der Waals surface area contributed by atoms with Crippen LogP contribution in [0, 0.1) is 0 Å². The summed E-state index contributed by atoms with van der Waals surface area (Å²) in [5.41, 5.74) is 0.648. The molecule has 0 heterocycles. The van der Waals surface area contributed by atoms with Crippen LogP contribution >= 0.6 is 0 Å². The maximum atomic E-state index is 12.9. The molecule has 3 nitrogen and oxygen atoms in total. The molecule has 15 heavy (non-hydrogen) atoms. The van der Waals surface area contributed by atoms with Crippen molar-refractivity contribution in [2.75, 3.05) is 0 Å². The molecule has 0 fully saturated rings. The van der Waals surface area contributed by atoms with Crippen LogP contribution < -0.4 is 0 Å². The van der Waals surface area contributed by atoms with Gasteiger partial charge in [0.15, 0.2) is 0 Å². The highest BCUT2D eigenvalue weighted by atomic mass is 32.2. The Balaban J connectivity index is 2.86. The van der Waals surface area contributed by atoms with E-state index in [0.29, 0.717) is 5.56 Å². The van der Waals surface area contributed by atoms with Gasteiger partial charge in [-0.2, -0.15) is 8.42 Å². The first-order valence-corrected chi connectivity index (χ1v) is 5.70. The van der Waals surface area contributed by atoms with Crippen molar-refractivity contribution in [1.82, 2.24) is 0 Å². The molecule has 0 saturated heterocycles. The third-order valence-electron chi connectivity index (χ3n) is 1.91. The van der Waals surface area contributed by atoms with Crippen molar-refractivity contribution in [2.24, 2.45) is 0 Å². The lowest BCUT2D eigenvalue weighted by Gasteiger charge is -2.03. The number of hydrogen-bond acceptors (Lipinski definition) is 2. The quantitative estimate of drug-likeness (QED) is 0.635. The summed E-state index contributed by atoms with van der Waals surface area (Å²) in [6.45, 7) is 3.30. The maximum absolute atomic E-state index is 12.9. The fourth-order valence-electron chi connectivity index (χ4n) is 1.11. The highest BCUT2D eigenvalue weighted by Gasteiger charge is 2.09. The van der Waals surface area contributed by atoms with Gasteiger partial charge in [0.05, 0.1) is 4.90 Å². The van der Waals surface area contributed by atoms with E-state index in [1.807, 2.05) is 0 Å². The Morgan fingerprint density at radius 3 is 2.33 bits per heavy atom. The van der Waals surface area contributed by atoms with E-state index in [4.69, 9.17) is 4.55 Å². The zero-order valence-electron chi connectivity index (χ0n) is 7.93.